The Morgan fingerprint density at radius 1 is 1.44 bits per heavy atom. The fraction of sp³-hybridized carbons (Fsp3) is 0.385. The Labute approximate surface area is 96.3 Å². The second kappa shape index (κ2) is 5.92. The standard InChI is InChI=1S/C13H16N2O/c1-3-4-9-13(16)15(2)12-8-6-5-7-11(12)10-14/h5-8H,3-4,9H2,1-2H3. The maximum Gasteiger partial charge on any atom is 0.226 e. The Hall–Kier alpha value is -1.82. The average Bonchev–Trinajstić information content (AvgIpc) is 2.34. The second-order valence-corrected chi connectivity index (χ2v) is 3.69. The van der Waals surface area contributed by atoms with Gasteiger partial charge in [-0.1, -0.05) is 25.5 Å². The highest BCUT2D eigenvalue weighted by molar-refractivity contribution is 5.94. The van der Waals surface area contributed by atoms with E-state index in [2.05, 4.69) is 13.0 Å². The number of carbonyl (C=O) groups is 1. The van der Waals surface area contributed by atoms with E-state index in [1.807, 2.05) is 6.07 Å². The molecule has 0 radical (unpaired) electrons. The minimum absolute atomic E-state index is 0.0598. The predicted octanol–water partition coefficient (Wildman–Crippen LogP) is 2.71. The van der Waals surface area contributed by atoms with Crippen LogP contribution in [0.5, 0.6) is 0 Å². The fourth-order valence-corrected chi connectivity index (χ4v) is 1.49. The zero-order valence-electron chi connectivity index (χ0n) is 9.73. The van der Waals surface area contributed by atoms with Crippen molar-refractivity contribution < 1.29 is 4.79 Å². The first-order valence-electron chi connectivity index (χ1n) is 5.46. The number of hydrogen-bond acceptors (Lipinski definition) is 2. The number of para-hydroxylation sites is 1. The van der Waals surface area contributed by atoms with Crippen molar-refractivity contribution in [2.45, 2.75) is 26.2 Å². The van der Waals surface area contributed by atoms with Crippen molar-refractivity contribution in [3.05, 3.63) is 29.8 Å². The molecule has 1 rings (SSSR count). The molecule has 0 spiro atoms. The van der Waals surface area contributed by atoms with E-state index in [0.29, 0.717) is 17.7 Å². The van der Waals surface area contributed by atoms with Crippen LogP contribution >= 0.6 is 0 Å². The lowest BCUT2D eigenvalue weighted by Gasteiger charge is -2.18. The summed E-state index contributed by atoms with van der Waals surface area (Å²) in [5, 5.41) is 8.94. The summed E-state index contributed by atoms with van der Waals surface area (Å²) in [6.45, 7) is 2.05. The molecule has 0 saturated carbocycles. The summed E-state index contributed by atoms with van der Waals surface area (Å²) >= 11 is 0. The summed E-state index contributed by atoms with van der Waals surface area (Å²) in [5.41, 5.74) is 1.22. The molecule has 0 N–H and O–H groups in total. The number of rotatable bonds is 4. The smallest absolute Gasteiger partial charge is 0.226 e. The highest BCUT2D eigenvalue weighted by Gasteiger charge is 2.12. The molecular formula is C13H16N2O. The molecule has 1 aromatic rings. The van der Waals surface area contributed by atoms with Gasteiger partial charge in [-0.2, -0.15) is 5.26 Å². The van der Waals surface area contributed by atoms with Crippen LogP contribution in [-0.2, 0) is 4.79 Å². The van der Waals surface area contributed by atoms with Crippen molar-refractivity contribution >= 4 is 11.6 Å². The van der Waals surface area contributed by atoms with E-state index in [1.165, 1.54) is 0 Å². The van der Waals surface area contributed by atoms with Gasteiger partial charge < -0.3 is 4.90 Å². The van der Waals surface area contributed by atoms with Crippen molar-refractivity contribution in [3.63, 3.8) is 0 Å². The van der Waals surface area contributed by atoms with Gasteiger partial charge in [0.15, 0.2) is 0 Å². The molecule has 3 heteroatoms. The van der Waals surface area contributed by atoms with Crippen molar-refractivity contribution in [1.82, 2.24) is 0 Å². The lowest BCUT2D eigenvalue weighted by atomic mass is 10.1. The van der Waals surface area contributed by atoms with Crippen LogP contribution in [0.2, 0.25) is 0 Å². The third-order valence-corrected chi connectivity index (χ3v) is 2.50. The van der Waals surface area contributed by atoms with Gasteiger partial charge >= 0.3 is 0 Å². The first-order chi connectivity index (χ1) is 7.70. The summed E-state index contributed by atoms with van der Waals surface area (Å²) in [7, 11) is 1.72. The topological polar surface area (TPSA) is 44.1 Å². The van der Waals surface area contributed by atoms with Crippen LogP contribution < -0.4 is 4.90 Å². The van der Waals surface area contributed by atoms with E-state index in [4.69, 9.17) is 5.26 Å². The molecule has 0 aromatic heterocycles. The summed E-state index contributed by atoms with van der Waals surface area (Å²) in [4.78, 5) is 13.4. The van der Waals surface area contributed by atoms with E-state index in [0.717, 1.165) is 12.8 Å². The van der Waals surface area contributed by atoms with Gasteiger partial charge in [-0.15, -0.1) is 0 Å². The predicted molar refractivity (Wildman–Crippen MR) is 64.1 cm³/mol. The van der Waals surface area contributed by atoms with Crippen LogP contribution in [0.3, 0.4) is 0 Å². The molecule has 16 heavy (non-hydrogen) atoms. The molecule has 0 fully saturated rings. The largest absolute Gasteiger partial charge is 0.314 e. The van der Waals surface area contributed by atoms with Crippen molar-refractivity contribution in [2.24, 2.45) is 0 Å². The minimum Gasteiger partial charge on any atom is -0.314 e. The zero-order valence-corrected chi connectivity index (χ0v) is 9.73. The molecule has 0 aliphatic heterocycles. The zero-order chi connectivity index (χ0) is 12.0. The van der Waals surface area contributed by atoms with Gasteiger partial charge in [-0.05, 0) is 18.6 Å². The lowest BCUT2D eigenvalue weighted by Crippen LogP contribution is -2.26. The molecule has 0 heterocycles. The number of carbonyl (C=O) groups excluding carboxylic acids is 1. The third-order valence-electron chi connectivity index (χ3n) is 2.50. The molecule has 84 valence electrons. The Kier molecular flexibility index (Phi) is 4.53. The van der Waals surface area contributed by atoms with E-state index < -0.39 is 0 Å². The number of nitrogens with zero attached hydrogens (tertiary/aromatic N) is 2. The van der Waals surface area contributed by atoms with Crippen molar-refractivity contribution in [1.29, 1.82) is 5.26 Å². The summed E-state index contributed by atoms with van der Waals surface area (Å²) < 4.78 is 0. The summed E-state index contributed by atoms with van der Waals surface area (Å²) in [6, 6.07) is 9.24. The number of amides is 1. The fourth-order valence-electron chi connectivity index (χ4n) is 1.49. The highest BCUT2D eigenvalue weighted by Crippen LogP contribution is 2.19. The Morgan fingerprint density at radius 2 is 2.12 bits per heavy atom. The Morgan fingerprint density at radius 3 is 2.75 bits per heavy atom. The lowest BCUT2D eigenvalue weighted by molar-refractivity contribution is -0.118. The molecule has 0 aliphatic rings. The average molecular weight is 216 g/mol. The molecule has 0 saturated heterocycles. The van der Waals surface area contributed by atoms with E-state index >= 15 is 0 Å². The molecule has 1 aromatic carbocycles. The summed E-state index contributed by atoms with van der Waals surface area (Å²) in [5.74, 6) is 0.0598. The summed E-state index contributed by atoms with van der Waals surface area (Å²) in [6.07, 6.45) is 2.42. The van der Waals surface area contributed by atoms with Crippen LogP contribution in [0.25, 0.3) is 0 Å². The van der Waals surface area contributed by atoms with Crippen molar-refractivity contribution in [3.8, 4) is 6.07 Å². The van der Waals surface area contributed by atoms with Gasteiger partial charge in [0.25, 0.3) is 0 Å². The number of unbranched alkanes of at least 4 members (excludes halogenated alkanes) is 1. The van der Waals surface area contributed by atoms with E-state index in [9.17, 15) is 4.79 Å². The molecular weight excluding hydrogens is 200 g/mol. The number of anilines is 1. The minimum atomic E-state index is 0.0598. The second-order valence-electron chi connectivity index (χ2n) is 3.69. The first kappa shape index (κ1) is 12.3. The Balaban J connectivity index is 2.84. The normalized spacial score (nSPS) is 9.56. The van der Waals surface area contributed by atoms with Gasteiger partial charge in [-0.3, -0.25) is 4.79 Å². The van der Waals surface area contributed by atoms with Crippen molar-refractivity contribution in [2.75, 3.05) is 11.9 Å². The van der Waals surface area contributed by atoms with Crippen LogP contribution in [0.15, 0.2) is 24.3 Å². The van der Waals surface area contributed by atoms with Gasteiger partial charge in [-0.25, -0.2) is 0 Å². The number of nitriles is 1. The van der Waals surface area contributed by atoms with E-state index in [1.54, 1.807) is 30.1 Å². The molecule has 0 aliphatic carbocycles. The first-order valence-corrected chi connectivity index (χ1v) is 5.46. The van der Waals surface area contributed by atoms with Gasteiger partial charge in [0.05, 0.1) is 11.3 Å². The molecule has 0 atom stereocenters. The quantitative estimate of drug-likeness (QED) is 0.776. The van der Waals surface area contributed by atoms with Crippen LogP contribution in [-0.4, -0.2) is 13.0 Å². The third kappa shape index (κ3) is 2.83. The van der Waals surface area contributed by atoms with Gasteiger partial charge in [0.2, 0.25) is 5.91 Å². The maximum absolute atomic E-state index is 11.8. The Bertz CT molecular complexity index is 407. The highest BCUT2D eigenvalue weighted by atomic mass is 16.2. The van der Waals surface area contributed by atoms with Crippen LogP contribution in [0.1, 0.15) is 31.7 Å². The molecule has 0 bridgehead atoms. The number of hydrogen-bond donors (Lipinski definition) is 0. The maximum atomic E-state index is 11.8. The molecule has 1 amide bonds. The molecule has 3 nitrogen and oxygen atoms in total. The van der Waals surface area contributed by atoms with E-state index in [-0.39, 0.29) is 5.91 Å². The molecule has 0 unspecified atom stereocenters. The SMILES string of the molecule is CCCCC(=O)N(C)c1ccccc1C#N. The van der Waals surface area contributed by atoms with Gasteiger partial charge in [0.1, 0.15) is 6.07 Å². The van der Waals surface area contributed by atoms with Gasteiger partial charge in [0, 0.05) is 13.5 Å². The number of benzene rings is 1. The van der Waals surface area contributed by atoms with Crippen LogP contribution in [0.4, 0.5) is 5.69 Å². The van der Waals surface area contributed by atoms with Crippen LogP contribution in [0, 0.1) is 11.3 Å². The monoisotopic (exact) mass is 216 g/mol.